The van der Waals surface area contributed by atoms with Crippen molar-refractivity contribution in [2.24, 2.45) is 0 Å². The molecule has 0 saturated heterocycles. The van der Waals surface area contributed by atoms with Crippen molar-refractivity contribution in [1.82, 2.24) is 4.90 Å². The molecule has 0 fully saturated rings. The molecule has 0 aromatic rings. The van der Waals surface area contributed by atoms with Crippen molar-refractivity contribution in [2.75, 3.05) is 13.7 Å². The summed E-state index contributed by atoms with van der Waals surface area (Å²) in [7, 11) is 1.47. The van der Waals surface area contributed by atoms with Crippen molar-refractivity contribution < 1.29 is 19.1 Å². The molecule has 0 spiro atoms. The van der Waals surface area contributed by atoms with Crippen LogP contribution in [0.5, 0.6) is 0 Å². The van der Waals surface area contributed by atoms with Crippen molar-refractivity contribution in [3.63, 3.8) is 0 Å². The SMILES string of the molecule is COC(C)(C)N(CC=O)C(=O)OC(C)(C)C. The smallest absolute Gasteiger partial charge is 0.412 e. The predicted molar refractivity (Wildman–Crippen MR) is 60.1 cm³/mol. The molecule has 0 aliphatic heterocycles. The van der Waals surface area contributed by atoms with E-state index in [-0.39, 0.29) is 6.54 Å². The second-order valence-corrected chi connectivity index (χ2v) is 4.91. The van der Waals surface area contributed by atoms with E-state index in [0.29, 0.717) is 6.29 Å². The molecule has 5 nitrogen and oxygen atoms in total. The quantitative estimate of drug-likeness (QED) is 0.547. The number of methoxy groups -OCH3 is 1. The van der Waals surface area contributed by atoms with Gasteiger partial charge in [-0.1, -0.05) is 0 Å². The molecule has 0 N–H and O–H groups in total. The molecule has 0 aromatic carbocycles. The highest BCUT2D eigenvalue weighted by atomic mass is 16.6. The van der Waals surface area contributed by atoms with Crippen LogP contribution in [0, 0.1) is 0 Å². The molecule has 0 heterocycles. The zero-order valence-electron chi connectivity index (χ0n) is 10.9. The molecule has 0 aliphatic carbocycles. The lowest BCUT2D eigenvalue weighted by Crippen LogP contribution is -2.51. The summed E-state index contributed by atoms with van der Waals surface area (Å²) in [5.41, 5.74) is -1.47. The lowest BCUT2D eigenvalue weighted by Gasteiger charge is -2.36. The van der Waals surface area contributed by atoms with Gasteiger partial charge in [0.25, 0.3) is 0 Å². The van der Waals surface area contributed by atoms with Crippen LogP contribution in [0.1, 0.15) is 34.6 Å². The van der Waals surface area contributed by atoms with Gasteiger partial charge in [-0.25, -0.2) is 4.79 Å². The number of rotatable bonds is 4. The van der Waals surface area contributed by atoms with Crippen LogP contribution in [0.15, 0.2) is 0 Å². The maximum atomic E-state index is 11.8. The minimum Gasteiger partial charge on any atom is -0.444 e. The second kappa shape index (κ2) is 5.30. The van der Waals surface area contributed by atoms with Gasteiger partial charge in [0.05, 0.1) is 6.54 Å². The van der Waals surface area contributed by atoms with E-state index in [9.17, 15) is 9.59 Å². The van der Waals surface area contributed by atoms with Gasteiger partial charge in [-0.05, 0) is 34.6 Å². The van der Waals surface area contributed by atoms with Gasteiger partial charge in [0.2, 0.25) is 0 Å². The van der Waals surface area contributed by atoms with Crippen LogP contribution in [0.4, 0.5) is 4.79 Å². The average Bonchev–Trinajstić information content (AvgIpc) is 2.10. The summed E-state index contributed by atoms with van der Waals surface area (Å²) in [5, 5.41) is 0. The highest BCUT2D eigenvalue weighted by Crippen LogP contribution is 2.18. The van der Waals surface area contributed by atoms with Crippen molar-refractivity contribution >= 4 is 12.4 Å². The molecular weight excluding hydrogens is 210 g/mol. The Morgan fingerprint density at radius 1 is 1.25 bits per heavy atom. The molecule has 0 bridgehead atoms. The number of amides is 1. The summed E-state index contributed by atoms with van der Waals surface area (Å²) in [4.78, 5) is 23.6. The summed E-state index contributed by atoms with van der Waals surface area (Å²) < 4.78 is 10.3. The normalized spacial score (nSPS) is 12.1. The third-order valence-corrected chi connectivity index (χ3v) is 2.02. The van der Waals surface area contributed by atoms with Gasteiger partial charge < -0.3 is 14.3 Å². The highest BCUT2D eigenvalue weighted by Gasteiger charge is 2.33. The predicted octanol–water partition coefficient (Wildman–Crippen LogP) is 1.80. The second-order valence-electron chi connectivity index (χ2n) is 4.91. The molecule has 0 rings (SSSR count). The number of carbonyl (C=O) groups excluding carboxylic acids is 2. The van der Waals surface area contributed by atoms with Crippen LogP contribution >= 0.6 is 0 Å². The van der Waals surface area contributed by atoms with E-state index in [1.807, 2.05) is 0 Å². The number of aldehydes is 1. The van der Waals surface area contributed by atoms with Crippen molar-refractivity contribution in [3.05, 3.63) is 0 Å². The fourth-order valence-corrected chi connectivity index (χ4v) is 1.02. The minimum atomic E-state index is -0.872. The Kier molecular flexibility index (Phi) is 4.93. The first-order chi connectivity index (χ1) is 7.14. The molecule has 1 amide bonds. The number of ether oxygens (including phenoxy) is 2. The van der Waals surface area contributed by atoms with Crippen molar-refractivity contribution in [3.8, 4) is 0 Å². The van der Waals surface area contributed by atoms with E-state index in [4.69, 9.17) is 9.47 Å². The first-order valence-electron chi connectivity index (χ1n) is 5.13. The number of nitrogens with zero attached hydrogens (tertiary/aromatic N) is 1. The third kappa shape index (κ3) is 4.61. The van der Waals surface area contributed by atoms with E-state index in [0.717, 1.165) is 0 Å². The summed E-state index contributed by atoms with van der Waals surface area (Å²) >= 11 is 0. The topological polar surface area (TPSA) is 55.8 Å². The monoisotopic (exact) mass is 231 g/mol. The van der Waals surface area contributed by atoms with E-state index < -0.39 is 17.4 Å². The van der Waals surface area contributed by atoms with Crippen LogP contribution in [-0.2, 0) is 14.3 Å². The molecule has 0 atom stereocenters. The summed E-state index contributed by atoms with van der Waals surface area (Å²) in [5.74, 6) is 0. The molecule has 0 aromatic heterocycles. The first-order valence-corrected chi connectivity index (χ1v) is 5.13. The van der Waals surface area contributed by atoms with Gasteiger partial charge >= 0.3 is 6.09 Å². The maximum Gasteiger partial charge on any atom is 0.412 e. The molecule has 16 heavy (non-hydrogen) atoms. The average molecular weight is 231 g/mol. The van der Waals surface area contributed by atoms with Crippen LogP contribution < -0.4 is 0 Å². The molecule has 0 radical (unpaired) electrons. The molecule has 94 valence electrons. The lowest BCUT2D eigenvalue weighted by molar-refractivity contribution is -0.125. The van der Waals surface area contributed by atoms with Gasteiger partial charge in [-0.15, -0.1) is 0 Å². The summed E-state index contributed by atoms with van der Waals surface area (Å²) in [6, 6.07) is 0. The van der Waals surface area contributed by atoms with Crippen LogP contribution in [0.25, 0.3) is 0 Å². The number of hydrogen-bond donors (Lipinski definition) is 0. The fraction of sp³-hybridized carbons (Fsp3) is 0.818. The first kappa shape index (κ1) is 14.9. The van der Waals surface area contributed by atoms with Crippen molar-refractivity contribution in [1.29, 1.82) is 0 Å². The lowest BCUT2D eigenvalue weighted by atomic mass is 10.2. The molecule has 5 heteroatoms. The largest absolute Gasteiger partial charge is 0.444 e. The van der Waals surface area contributed by atoms with Gasteiger partial charge in [0.15, 0.2) is 0 Å². The molecule has 0 aliphatic rings. The molecular formula is C11H21NO4. The minimum absolute atomic E-state index is 0.0598. The zero-order valence-corrected chi connectivity index (χ0v) is 10.9. The van der Waals surface area contributed by atoms with Crippen molar-refractivity contribution in [2.45, 2.75) is 45.9 Å². The van der Waals surface area contributed by atoms with E-state index in [1.54, 1.807) is 34.6 Å². The Morgan fingerprint density at radius 3 is 2.06 bits per heavy atom. The highest BCUT2D eigenvalue weighted by molar-refractivity contribution is 5.72. The van der Waals surface area contributed by atoms with Gasteiger partial charge in [0.1, 0.15) is 17.6 Å². The van der Waals surface area contributed by atoms with Gasteiger partial charge in [-0.3, -0.25) is 4.90 Å². The van der Waals surface area contributed by atoms with E-state index >= 15 is 0 Å². The van der Waals surface area contributed by atoms with Gasteiger partial charge in [0, 0.05) is 7.11 Å². The number of carbonyl (C=O) groups is 2. The van der Waals surface area contributed by atoms with E-state index in [2.05, 4.69) is 0 Å². The van der Waals surface area contributed by atoms with Crippen LogP contribution in [-0.4, -0.2) is 42.3 Å². The van der Waals surface area contributed by atoms with Gasteiger partial charge in [-0.2, -0.15) is 0 Å². The molecule has 0 unspecified atom stereocenters. The molecule has 0 saturated carbocycles. The Labute approximate surface area is 96.7 Å². The van der Waals surface area contributed by atoms with Crippen LogP contribution in [0.2, 0.25) is 0 Å². The Hall–Kier alpha value is -1.10. The Morgan fingerprint density at radius 2 is 1.75 bits per heavy atom. The van der Waals surface area contributed by atoms with E-state index in [1.165, 1.54) is 12.0 Å². The fourth-order valence-electron chi connectivity index (χ4n) is 1.02. The summed E-state index contributed by atoms with van der Waals surface area (Å²) in [6.45, 7) is 8.63. The Balaban J connectivity index is 4.79. The maximum absolute atomic E-state index is 11.8. The zero-order chi connectivity index (χ0) is 13.0. The Bertz CT molecular complexity index is 255. The number of hydrogen-bond acceptors (Lipinski definition) is 4. The third-order valence-electron chi connectivity index (χ3n) is 2.02. The van der Waals surface area contributed by atoms with Crippen LogP contribution in [0.3, 0.4) is 0 Å². The summed E-state index contributed by atoms with van der Waals surface area (Å²) in [6.07, 6.45) is 0.0801. The standard InChI is InChI=1S/C11H21NO4/c1-10(2,3)16-9(14)12(7-8-13)11(4,5)15-6/h8H,7H2,1-6H3.